The van der Waals surface area contributed by atoms with E-state index in [9.17, 15) is 29.5 Å². The van der Waals surface area contributed by atoms with Crippen LogP contribution in [-0.4, -0.2) is 45.0 Å². The lowest BCUT2D eigenvalue weighted by Crippen LogP contribution is -2.45. The minimum Gasteiger partial charge on any atom is -0.478 e. The summed E-state index contributed by atoms with van der Waals surface area (Å²) in [7, 11) is 0. The highest BCUT2D eigenvalue weighted by Gasteiger charge is 2.31. The molecule has 0 radical (unpaired) electrons. The van der Waals surface area contributed by atoms with E-state index in [0.29, 0.717) is 6.07 Å². The highest BCUT2D eigenvalue weighted by molar-refractivity contribution is 5.90. The smallest absolute Gasteiger partial charge is 0.338 e. The van der Waals surface area contributed by atoms with Crippen molar-refractivity contribution in [3.05, 3.63) is 33.6 Å². The van der Waals surface area contributed by atoms with Gasteiger partial charge in [0.15, 0.2) is 0 Å². The Hall–Kier alpha value is -2.26. The monoisotopic (exact) mass is 302 g/mol. The number of hydrogen-bond acceptors (Lipinski definition) is 6. The van der Waals surface area contributed by atoms with Crippen LogP contribution in [-0.2, 0) is 0 Å². The maximum Gasteiger partial charge on any atom is 0.338 e. The Morgan fingerprint density at radius 1 is 1.43 bits per heavy atom. The van der Waals surface area contributed by atoms with Crippen LogP contribution in [0.5, 0.6) is 0 Å². The van der Waals surface area contributed by atoms with Gasteiger partial charge in [-0.15, -0.1) is 0 Å². The van der Waals surface area contributed by atoms with Gasteiger partial charge >= 0.3 is 5.97 Å². The number of anilines is 1. The summed E-state index contributed by atoms with van der Waals surface area (Å²) in [5.41, 5.74) is -3.00. The van der Waals surface area contributed by atoms with Crippen molar-refractivity contribution in [2.24, 2.45) is 0 Å². The van der Waals surface area contributed by atoms with Crippen molar-refractivity contribution >= 4 is 17.3 Å². The van der Waals surface area contributed by atoms with Gasteiger partial charge in [0.25, 0.3) is 5.69 Å². The Bertz CT molecular complexity index is 551. The number of carboxylic acids is 1. The fourth-order valence-corrected chi connectivity index (χ4v) is 1.70. The Labute approximate surface area is 119 Å². The van der Waals surface area contributed by atoms with E-state index in [4.69, 9.17) is 5.11 Å². The first-order valence-electron chi connectivity index (χ1n) is 6.01. The van der Waals surface area contributed by atoms with E-state index in [1.807, 2.05) is 0 Å². The van der Waals surface area contributed by atoms with Crippen LogP contribution in [0.3, 0.4) is 0 Å². The highest BCUT2D eigenvalue weighted by atomic mass is 19.1. The average Bonchev–Trinajstić information content (AvgIpc) is 2.45. The number of halogens is 1. The SMILES string of the molecule is CCC(CO)(CO)Nc1cc(C(=O)O)c(F)cc1[N+](=O)[O-]. The van der Waals surface area contributed by atoms with Crippen LogP contribution in [0.15, 0.2) is 12.1 Å². The zero-order valence-corrected chi connectivity index (χ0v) is 11.2. The molecule has 0 saturated carbocycles. The van der Waals surface area contributed by atoms with Gasteiger partial charge < -0.3 is 20.6 Å². The van der Waals surface area contributed by atoms with E-state index in [-0.39, 0.29) is 12.1 Å². The molecular formula is C12H15FN2O6. The third-order valence-corrected chi connectivity index (χ3v) is 3.19. The standard InChI is InChI=1S/C12H15FN2O6/c1-2-12(5-16,6-17)14-9-3-7(11(18)19)8(13)4-10(9)15(20)21/h3-4,14,16-17H,2,5-6H2,1H3,(H,18,19). The first kappa shape index (κ1) is 16.8. The first-order chi connectivity index (χ1) is 9.80. The number of aliphatic hydroxyl groups is 2. The third-order valence-electron chi connectivity index (χ3n) is 3.19. The number of nitro benzene ring substituents is 1. The van der Waals surface area contributed by atoms with Crippen molar-refractivity contribution in [1.29, 1.82) is 0 Å². The summed E-state index contributed by atoms with van der Waals surface area (Å²) >= 11 is 0. The summed E-state index contributed by atoms with van der Waals surface area (Å²) in [5, 5.41) is 41.0. The predicted molar refractivity (Wildman–Crippen MR) is 70.8 cm³/mol. The van der Waals surface area contributed by atoms with Crippen LogP contribution in [0, 0.1) is 15.9 Å². The lowest BCUT2D eigenvalue weighted by atomic mass is 9.97. The van der Waals surface area contributed by atoms with Crippen LogP contribution >= 0.6 is 0 Å². The molecule has 0 atom stereocenters. The van der Waals surface area contributed by atoms with Crippen LogP contribution in [0.4, 0.5) is 15.8 Å². The third kappa shape index (κ3) is 3.44. The van der Waals surface area contributed by atoms with Crippen molar-refractivity contribution in [3.63, 3.8) is 0 Å². The molecule has 0 unspecified atom stereocenters. The molecular weight excluding hydrogens is 287 g/mol. The number of nitro groups is 1. The van der Waals surface area contributed by atoms with Gasteiger partial charge in [-0.25, -0.2) is 9.18 Å². The number of carbonyl (C=O) groups is 1. The molecule has 0 aliphatic heterocycles. The quantitative estimate of drug-likeness (QED) is 0.435. The molecule has 0 aliphatic carbocycles. The predicted octanol–water partition coefficient (Wildman–Crippen LogP) is 0.977. The molecule has 0 fully saturated rings. The van der Waals surface area contributed by atoms with Gasteiger partial charge in [0.1, 0.15) is 11.5 Å². The van der Waals surface area contributed by atoms with Crippen LogP contribution in [0.1, 0.15) is 23.7 Å². The molecule has 1 aromatic carbocycles. The fraction of sp³-hybridized carbons (Fsp3) is 0.417. The molecule has 1 rings (SSSR count). The maximum atomic E-state index is 13.5. The first-order valence-corrected chi connectivity index (χ1v) is 6.01. The second kappa shape index (κ2) is 6.46. The molecule has 0 heterocycles. The van der Waals surface area contributed by atoms with Gasteiger partial charge in [0.05, 0.1) is 35.3 Å². The summed E-state index contributed by atoms with van der Waals surface area (Å²) in [6, 6.07) is 1.26. The van der Waals surface area contributed by atoms with Crippen LogP contribution < -0.4 is 5.32 Å². The molecule has 0 bridgehead atoms. The molecule has 21 heavy (non-hydrogen) atoms. The number of nitrogens with one attached hydrogen (secondary N) is 1. The second-order valence-corrected chi connectivity index (χ2v) is 4.49. The van der Waals surface area contributed by atoms with Crippen molar-refractivity contribution in [2.45, 2.75) is 18.9 Å². The van der Waals surface area contributed by atoms with Crippen LogP contribution in [0.2, 0.25) is 0 Å². The van der Waals surface area contributed by atoms with Gasteiger partial charge in [-0.1, -0.05) is 6.92 Å². The summed E-state index contributed by atoms with van der Waals surface area (Å²) in [4.78, 5) is 20.9. The number of nitrogens with zero attached hydrogens (tertiary/aromatic N) is 1. The Kier molecular flexibility index (Phi) is 5.17. The average molecular weight is 302 g/mol. The summed E-state index contributed by atoms with van der Waals surface area (Å²) < 4.78 is 13.5. The van der Waals surface area contributed by atoms with E-state index in [1.165, 1.54) is 0 Å². The summed E-state index contributed by atoms with van der Waals surface area (Å²) in [6.07, 6.45) is 0.205. The van der Waals surface area contributed by atoms with Crippen molar-refractivity contribution < 1.29 is 29.4 Å². The van der Waals surface area contributed by atoms with Gasteiger partial charge in [-0.05, 0) is 12.5 Å². The van der Waals surface area contributed by atoms with E-state index in [1.54, 1.807) is 6.92 Å². The Balaban J connectivity index is 3.41. The zero-order valence-electron chi connectivity index (χ0n) is 11.2. The maximum absolute atomic E-state index is 13.5. The molecule has 0 saturated heterocycles. The van der Waals surface area contributed by atoms with Gasteiger partial charge in [0.2, 0.25) is 0 Å². The van der Waals surface area contributed by atoms with Gasteiger partial charge in [-0.3, -0.25) is 10.1 Å². The van der Waals surface area contributed by atoms with Gasteiger partial charge in [-0.2, -0.15) is 0 Å². The van der Waals surface area contributed by atoms with Crippen molar-refractivity contribution in [1.82, 2.24) is 0 Å². The molecule has 0 spiro atoms. The molecule has 0 aliphatic rings. The zero-order chi connectivity index (χ0) is 16.2. The number of aliphatic hydroxyl groups excluding tert-OH is 2. The molecule has 116 valence electrons. The Morgan fingerprint density at radius 2 is 2.00 bits per heavy atom. The van der Waals surface area contributed by atoms with Crippen molar-refractivity contribution in [3.8, 4) is 0 Å². The summed E-state index contributed by atoms with van der Waals surface area (Å²) in [5.74, 6) is -2.82. The van der Waals surface area contributed by atoms with E-state index >= 15 is 0 Å². The molecule has 4 N–H and O–H groups in total. The molecule has 9 heteroatoms. The highest BCUT2D eigenvalue weighted by Crippen LogP contribution is 2.31. The molecule has 8 nitrogen and oxygen atoms in total. The minimum absolute atomic E-state index is 0.205. The number of benzene rings is 1. The van der Waals surface area contributed by atoms with E-state index in [0.717, 1.165) is 6.07 Å². The molecule has 0 aromatic heterocycles. The topological polar surface area (TPSA) is 133 Å². The number of rotatable bonds is 7. The lowest BCUT2D eigenvalue weighted by Gasteiger charge is -2.30. The molecule has 1 aromatic rings. The second-order valence-electron chi connectivity index (χ2n) is 4.49. The van der Waals surface area contributed by atoms with E-state index < -0.39 is 46.7 Å². The normalized spacial score (nSPS) is 11.2. The van der Waals surface area contributed by atoms with E-state index in [2.05, 4.69) is 5.32 Å². The van der Waals surface area contributed by atoms with Crippen molar-refractivity contribution in [2.75, 3.05) is 18.5 Å². The largest absolute Gasteiger partial charge is 0.478 e. The molecule has 0 amide bonds. The number of hydrogen-bond donors (Lipinski definition) is 4. The van der Waals surface area contributed by atoms with Gasteiger partial charge in [0, 0.05) is 0 Å². The van der Waals surface area contributed by atoms with Crippen LogP contribution in [0.25, 0.3) is 0 Å². The minimum atomic E-state index is -1.58. The fourth-order valence-electron chi connectivity index (χ4n) is 1.70. The Morgan fingerprint density at radius 3 is 2.38 bits per heavy atom. The number of aromatic carboxylic acids is 1. The number of carboxylic acid groups (broad SMARTS) is 1. The lowest BCUT2D eigenvalue weighted by molar-refractivity contribution is -0.384. The summed E-state index contributed by atoms with van der Waals surface area (Å²) in [6.45, 7) is 0.529.